The van der Waals surface area contributed by atoms with E-state index >= 15 is 0 Å². The van der Waals surface area contributed by atoms with Gasteiger partial charge in [0.05, 0.1) is 0 Å². The molecule has 2 heteroatoms. The molecule has 1 fully saturated rings. The Morgan fingerprint density at radius 1 is 1.10 bits per heavy atom. The van der Waals surface area contributed by atoms with E-state index < -0.39 is 0 Å². The molecule has 1 nitrogen and oxygen atoms in total. The van der Waals surface area contributed by atoms with Gasteiger partial charge in [-0.3, -0.25) is 0 Å². The Morgan fingerprint density at radius 3 is 2.65 bits per heavy atom. The molecule has 1 aliphatic carbocycles. The second-order valence-electron chi connectivity index (χ2n) is 5.79. The maximum Gasteiger partial charge on any atom is 0.0208 e. The van der Waals surface area contributed by atoms with Crippen LogP contribution in [0.1, 0.15) is 35.4 Å². The number of rotatable bonds is 4. The lowest BCUT2D eigenvalue weighted by Gasteiger charge is -2.36. The fraction of sp³-hybridized carbons (Fsp3) is 0.333. The van der Waals surface area contributed by atoms with Crippen LogP contribution in [0, 0.1) is 6.92 Å². The summed E-state index contributed by atoms with van der Waals surface area (Å²) in [5, 5.41) is 3.66. The molecule has 104 valence electrons. The quantitative estimate of drug-likeness (QED) is 0.850. The first-order chi connectivity index (χ1) is 9.70. The highest BCUT2D eigenvalue weighted by atomic mass is 79.9. The van der Waals surface area contributed by atoms with Crippen LogP contribution in [0.5, 0.6) is 0 Å². The average Bonchev–Trinajstić information content (AvgIpc) is 2.37. The first-order valence-corrected chi connectivity index (χ1v) is 8.04. The molecule has 0 saturated heterocycles. The van der Waals surface area contributed by atoms with Crippen LogP contribution in [0.4, 0.5) is 0 Å². The molecule has 1 saturated carbocycles. The summed E-state index contributed by atoms with van der Waals surface area (Å²) in [5.41, 5.74) is 4.22. The first-order valence-electron chi connectivity index (χ1n) is 7.25. The Morgan fingerprint density at radius 2 is 1.90 bits per heavy atom. The van der Waals surface area contributed by atoms with Gasteiger partial charge in [-0.05, 0) is 48.9 Å². The van der Waals surface area contributed by atoms with Crippen LogP contribution in [0.3, 0.4) is 0 Å². The summed E-state index contributed by atoms with van der Waals surface area (Å²) in [6.45, 7) is 3.13. The molecule has 1 aliphatic rings. The van der Waals surface area contributed by atoms with E-state index in [4.69, 9.17) is 0 Å². The van der Waals surface area contributed by atoms with Crippen molar-refractivity contribution in [2.45, 2.75) is 38.3 Å². The van der Waals surface area contributed by atoms with Crippen molar-refractivity contribution in [3.05, 3.63) is 69.7 Å². The normalized spacial score (nSPS) is 21.5. The van der Waals surface area contributed by atoms with Crippen LogP contribution in [-0.4, -0.2) is 6.04 Å². The molecular formula is C18H20BrN. The molecule has 0 aromatic heterocycles. The third-order valence-corrected chi connectivity index (χ3v) is 4.63. The maximum absolute atomic E-state index is 3.66. The van der Waals surface area contributed by atoms with Crippen molar-refractivity contribution in [2.24, 2.45) is 0 Å². The minimum atomic E-state index is 0.666. The number of halogens is 1. The fourth-order valence-corrected chi connectivity index (χ4v) is 3.34. The maximum atomic E-state index is 3.66. The molecule has 2 aromatic carbocycles. The van der Waals surface area contributed by atoms with Gasteiger partial charge >= 0.3 is 0 Å². The SMILES string of the molecule is Cc1cccc(C2CC(NCc3cccc(Br)c3)C2)c1. The van der Waals surface area contributed by atoms with E-state index in [9.17, 15) is 0 Å². The van der Waals surface area contributed by atoms with E-state index in [0.29, 0.717) is 6.04 Å². The van der Waals surface area contributed by atoms with Gasteiger partial charge in [0.25, 0.3) is 0 Å². The molecule has 0 atom stereocenters. The molecule has 20 heavy (non-hydrogen) atoms. The highest BCUT2D eigenvalue weighted by Crippen LogP contribution is 2.37. The number of nitrogens with one attached hydrogen (secondary N) is 1. The third-order valence-electron chi connectivity index (χ3n) is 4.14. The van der Waals surface area contributed by atoms with Gasteiger partial charge in [0.1, 0.15) is 0 Å². The number of benzene rings is 2. The monoisotopic (exact) mass is 329 g/mol. The highest BCUT2D eigenvalue weighted by molar-refractivity contribution is 9.10. The Bertz CT molecular complexity index is 585. The van der Waals surface area contributed by atoms with Crippen LogP contribution >= 0.6 is 15.9 Å². The molecular weight excluding hydrogens is 310 g/mol. The van der Waals surface area contributed by atoms with Gasteiger partial charge in [0.15, 0.2) is 0 Å². The topological polar surface area (TPSA) is 12.0 Å². The van der Waals surface area contributed by atoms with E-state index in [1.165, 1.54) is 29.5 Å². The van der Waals surface area contributed by atoms with Gasteiger partial charge in [0, 0.05) is 17.1 Å². The minimum absolute atomic E-state index is 0.666. The Labute approximate surface area is 129 Å². The molecule has 2 aromatic rings. The number of aryl methyl sites for hydroxylation is 1. The smallest absolute Gasteiger partial charge is 0.0208 e. The predicted molar refractivity (Wildman–Crippen MR) is 87.9 cm³/mol. The minimum Gasteiger partial charge on any atom is -0.310 e. The zero-order chi connectivity index (χ0) is 13.9. The summed E-state index contributed by atoms with van der Waals surface area (Å²) >= 11 is 3.52. The van der Waals surface area contributed by atoms with Crippen LogP contribution in [0.15, 0.2) is 53.0 Å². The summed E-state index contributed by atoms with van der Waals surface area (Å²) in [4.78, 5) is 0. The van der Waals surface area contributed by atoms with Crippen molar-refractivity contribution >= 4 is 15.9 Å². The molecule has 0 spiro atoms. The van der Waals surface area contributed by atoms with Crippen LogP contribution < -0.4 is 5.32 Å². The summed E-state index contributed by atoms with van der Waals surface area (Å²) in [6, 6.07) is 18.1. The molecule has 0 bridgehead atoms. The highest BCUT2D eigenvalue weighted by Gasteiger charge is 2.29. The third kappa shape index (κ3) is 3.31. The molecule has 0 unspecified atom stereocenters. The first kappa shape index (κ1) is 13.8. The van der Waals surface area contributed by atoms with Gasteiger partial charge in [-0.25, -0.2) is 0 Å². The largest absolute Gasteiger partial charge is 0.310 e. The van der Waals surface area contributed by atoms with Crippen molar-refractivity contribution in [3.63, 3.8) is 0 Å². The summed E-state index contributed by atoms with van der Waals surface area (Å²) < 4.78 is 1.16. The standard InChI is InChI=1S/C18H20BrN/c1-13-4-2-6-15(8-13)16-10-18(11-16)20-12-14-5-3-7-17(19)9-14/h2-9,16,18,20H,10-12H2,1H3. The zero-order valence-corrected chi connectivity index (χ0v) is 13.4. The van der Waals surface area contributed by atoms with Crippen molar-refractivity contribution in [3.8, 4) is 0 Å². The Kier molecular flexibility index (Phi) is 4.23. The number of hydrogen-bond acceptors (Lipinski definition) is 1. The molecule has 0 heterocycles. The van der Waals surface area contributed by atoms with E-state index in [0.717, 1.165) is 16.9 Å². The Balaban J connectivity index is 1.49. The van der Waals surface area contributed by atoms with Crippen molar-refractivity contribution in [1.29, 1.82) is 0 Å². The lowest BCUT2D eigenvalue weighted by molar-refractivity contribution is 0.289. The summed E-state index contributed by atoms with van der Waals surface area (Å²) in [5.74, 6) is 0.745. The molecule has 3 rings (SSSR count). The second kappa shape index (κ2) is 6.11. The molecule has 1 N–H and O–H groups in total. The lowest BCUT2D eigenvalue weighted by atomic mass is 9.75. The van der Waals surface area contributed by atoms with E-state index in [1.54, 1.807) is 0 Å². The zero-order valence-electron chi connectivity index (χ0n) is 11.8. The van der Waals surface area contributed by atoms with Gasteiger partial charge in [0.2, 0.25) is 0 Å². The lowest BCUT2D eigenvalue weighted by Crippen LogP contribution is -2.39. The molecule has 0 radical (unpaired) electrons. The number of hydrogen-bond donors (Lipinski definition) is 1. The van der Waals surface area contributed by atoms with Crippen molar-refractivity contribution in [2.75, 3.05) is 0 Å². The van der Waals surface area contributed by atoms with Crippen LogP contribution in [0.25, 0.3) is 0 Å². The van der Waals surface area contributed by atoms with E-state index in [-0.39, 0.29) is 0 Å². The summed E-state index contributed by atoms with van der Waals surface area (Å²) in [6.07, 6.45) is 2.52. The van der Waals surface area contributed by atoms with Gasteiger partial charge in [-0.15, -0.1) is 0 Å². The second-order valence-corrected chi connectivity index (χ2v) is 6.71. The molecule has 0 amide bonds. The molecule has 0 aliphatic heterocycles. The van der Waals surface area contributed by atoms with Crippen molar-refractivity contribution < 1.29 is 0 Å². The Hall–Kier alpha value is -1.12. The summed E-state index contributed by atoms with van der Waals surface area (Å²) in [7, 11) is 0. The average molecular weight is 330 g/mol. The van der Waals surface area contributed by atoms with Gasteiger partial charge in [-0.2, -0.15) is 0 Å². The van der Waals surface area contributed by atoms with E-state index in [1.807, 2.05) is 0 Å². The van der Waals surface area contributed by atoms with Gasteiger partial charge < -0.3 is 5.32 Å². The fourth-order valence-electron chi connectivity index (χ4n) is 2.89. The van der Waals surface area contributed by atoms with Crippen LogP contribution in [-0.2, 0) is 6.54 Å². The predicted octanol–water partition coefficient (Wildman–Crippen LogP) is 4.79. The van der Waals surface area contributed by atoms with Crippen LogP contribution in [0.2, 0.25) is 0 Å². The van der Waals surface area contributed by atoms with E-state index in [2.05, 4.69) is 76.7 Å². The van der Waals surface area contributed by atoms with Gasteiger partial charge in [-0.1, -0.05) is 57.9 Å². The van der Waals surface area contributed by atoms with Crippen molar-refractivity contribution in [1.82, 2.24) is 5.32 Å².